The van der Waals surface area contributed by atoms with Crippen LogP contribution in [0.3, 0.4) is 0 Å². The first-order valence-corrected chi connectivity index (χ1v) is 9.67. The van der Waals surface area contributed by atoms with Gasteiger partial charge in [-0.3, -0.25) is 4.79 Å². The number of hydrogen-bond donors (Lipinski definition) is 0. The Balaban J connectivity index is 1.66. The van der Waals surface area contributed by atoms with Crippen LogP contribution in [-0.2, 0) is 16.6 Å². The highest BCUT2D eigenvalue weighted by molar-refractivity contribution is 5.92. The van der Waals surface area contributed by atoms with Crippen molar-refractivity contribution in [3.63, 3.8) is 0 Å². The summed E-state index contributed by atoms with van der Waals surface area (Å²) in [5.74, 6) is 1.44. The fraction of sp³-hybridized carbons (Fsp3) is 0.435. The molecule has 0 aliphatic heterocycles. The number of methoxy groups -OCH3 is 1. The van der Waals surface area contributed by atoms with E-state index in [0.717, 1.165) is 24.2 Å². The lowest BCUT2D eigenvalue weighted by Gasteiger charge is -2.54. The second-order valence-electron chi connectivity index (χ2n) is 8.08. The standard InChI is InChI=1S/C23H27NO3/c1-23-11-4-5-18(13-17-7-8-19(26-3)14-20(17)23)22(23)24(2)21(25)9-6-16-10-12-27-15-16/h6-10,12,14-15,18,22H,4-5,11,13H2,1-3H3/b9-6+/t18?,22-,23+/m0/s1. The Kier molecular flexibility index (Phi) is 4.58. The molecule has 142 valence electrons. The van der Waals surface area contributed by atoms with Crippen LogP contribution in [0.4, 0.5) is 0 Å². The fourth-order valence-corrected chi connectivity index (χ4v) is 5.28. The minimum atomic E-state index is -0.0427. The van der Waals surface area contributed by atoms with E-state index >= 15 is 0 Å². The summed E-state index contributed by atoms with van der Waals surface area (Å²) >= 11 is 0. The lowest BCUT2D eigenvalue weighted by Crippen LogP contribution is -2.58. The van der Waals surface area contributed by atoms with E-state index in [2.05, 4.69) is 25.1 Å². The molecule has 4 nitrogen and oxygen atoms in total. The Morgan fingerprint density at radius 1 is 1.37 bits per heavy atom. The van der Waals surface area contributed by atoms with E-state index in [1.54, 1.807) is 25.7 Å². The van der Waals surface area contributed by atoms with Gasteiger partial charge in [-0.15, -0.1) is 0 Å². The highest BCUT2D eigenvalue weighted by Crippen LogP contribution is 2.51. The number of likely N-dealkylation sites (N-methyl/N-ethyl adjacent to an activating group) is 1. The average Bonchev–Trinajstić information content (AvgIpc) is 3.19. The lowest BCUT2D eigenvalue weighted by atomic mass is 9.57. The number of carbonyl (C=O) groups is 1. The van der Waals surface area contributed by atoms with E-state index in [4.69, 9.17) is 9.15 Å². The maximum atomic E-state index is 12.9. The molecular weight excluding hydrogens is 338 g/mol. The Labute approximate surface area is 160 Å². The molecule has 2 aliphatic carbocycles. The zero-order chi connectivity index (χ0) is 19.0. The Morgan fingerprint density at radius 3 is 2.96 bits per heavy atom. The van der Waals surface area contributed by atoms with Crippen LogP contribution < -0.4 is 4.74 Å². The van der Waals surface area contributed by atoms with Crippen molar-refractivity contribution in [1.82, 2.24) is 4.90 Å². The maximum absolute atomic E-state index is 12.9. The van der Waals surface area contributed by atoms with Crippen LogP contribution in [0.1, 0.15) is 42.9 Å². The summed E-state index contributed by atoms with van der Waals surface area (Å²) in [5, 5.41) is 0. The Bertz CT molecular complexity index is 855. The molecule has 1 aromatic carbocycles. The molecule has 0 spiro atoms. The average molecular weight is 365 g/mol. The summed E-state index contributed by atoms with van der Waals surface area (Å²) in [6.07, 6.45) is 11.2. The van der Waals surface area contributed by atoms with Crippen molar-refractivity contribution in [2.75, 3.05) is 14.2 Å². The molecular formula is C23H27NO3. The molecule has 3 atom stereocenters. The molecule has 2 aliphatic rings. The van der Waals surface area contributed by atoms with Gasteiger partial charge in [-0.05, 0) is 60.6 Å². The van der Waals surface area contributed by atoms with Crippen molar-refractivity contribution in [3.8, 4) is 5.75 Å². The third-order valence-corrected chi connectivity index (χ3v) is 6.51. The van der Waals surface area contributed by atoms with E-state index in [1.807, 2.05) is 24.1 Å². The van der Waals surface area contributed by atoms with Gasteiger partial charge in [0.15, 0.2) is 0 Å². The van der Waals surface area contributed by atoms with Gasteiger partial charge in [-0.25, -0.2) is 0 Å². The molecule has 1 fully saturated rings. The molecule has 0 saturated heterocycles. The van der Waals surface area contributed by atoms with E-state index in [-0.39, 0.29) is 17.4 Å². The number of hydrogen-bond acceptors (Lipinski definition) is 3. The second-order valence-corrected chi connectivity index (χ2v) is 8.08. The van der Waals surface area contributed by atoms with Crippen LogP contribution in [0.5, 0.6) is 5.75 Å². The summed E-state index contributed by atoms with van der Waals surface area (Å²) < 4.78 is 10.6. The first-order valence-electron chi connectivity index (χ1n) is 9.67. The Hall–Kier alpha value is -2.49. The number of ether oxygens (including phenoxy) is 1. The van der Waals surface area contributed by atoms with Crippen molar-refractivity contribution in [1.29, 1.82) is 0 Å². The molecule has 1 saturated carbocycles. The number of amides is 1. The monoisotopic (exact) mass is 365 g/mol. The zero-order valence-corrected chi connectivity index (χ0v) is 16.3. The predicted octanol–water partition coefficient (Wildman–Crippen LogP) is 4.44. The minimum Gasteiger partial charge on any atom is -0.497 e. The second kappa shape index (κ2) is 6.91. The smallest absolute Gasteiger partial charge is 0.246 e. The first kappa shape index (κ1) is 17.9. The van der Waals surface area contributed by atoms with Crippen molar-refractivity contribution in [2.45, 2.75) is 44.1 Å². The third kappa shape index (κ3) is 3.07. The van der Waals surface area contributed by atoms with Crippen LogP contribution in [0, 0.1) is 5.92 Å². The normalized spacial score (nSPS) is 26.6. The summed E-state index contributed by atoms with van der Waals surface area (Å²) in [5.41, 5.74) is 3.62. The minimum absolute atomic E-state index is 0.0427. The van der Waals surface area contributed by atoms with Gasteiger partial charge in [-0.1, -0.05) is 19.4 Å². The van der Waals surface area contributed by atoms with E-state index in [9.17, 15) is 4.79 Å². The van der Waals surface area contributed by atoms with Gasteiger partial charge in [0.25, 0.3) is 0 Å². The predicted molar refractivity (Wildman–Crippen MR) is 106 cm³/mol. The maximum Gasteiger partial charge on any atom is 0.246 e. The molecule has 0 N–H and O–H groups in total. The zero-order valence-electron chi connectivity index (χ0n) is 16.3. The largest absolute Gasteiger partial charge is 0.497 e. The number of carbonyl (C=O) groups excluding carboxylic acids is 1. The third-order valence-electron chi connectivity index (χ3n) is 6.51. The summed E-state index contributed by atoms with van der Waals surface area (Å²) in [6.45, 7) is 2.32. The van der Waals surface area contributed by atoms with Crippen LogP contribution in [-0.4, -0.2) is 31.0 Å². The fourth-order valence-electron chi connectivity index (χ4n) is 5.28. The van der Waals surface area contributed by atoms with Gasteiger partial charge in [0.2, 0.25) is 5.91 Å². The van der Waals surface area contributed by atoms with E-state index in [0.29, 0.717) is 5.92 Å². The number of fused-ring (bicyclic) bond motifs is 4. The first-order chi connectivity index (χ1) is 13.0. The van der Waals surface area contributed by atoms with E-state index < -0.39 is 0 Å². The molecule has 0 radical (unpaired) electrons. The van der Waals surface area contributed by atoms with Gasteiger partial charge in [0, 0.05) is 30.1 Å². The highest BCUT2D eigenvalue weighted by atomic mass is 16.5. The van der Waals surface area contributed by atoms with Crippen LogP contribution in [0.2, 0.25) is 0 Å². The molecule has 2 aromatic rings. The lowest BCUT2D eigenvalue weighted by molar-refractivity contribution is -0.130. The van der Waals surface area contributed by atoms with Crippen molar-refractivity contribution in [3.05, 3.63) is 59.6 Å². The van der Waals surface area contributed by atoms with Gasteiger partial charge >= 0.3 is 0 Å². The van der Waals surface area contributed by atoms with Gasteiger partial charge in [-0.2, -0.15) is 0 Å². The van der Waals surface area contributed by atoms with Gasteiger partial charge < -0.3 is 14.1 Å². The molecule has 1 heterocycles. The molecule has 4 heteroatoms. The van der Waals surface area contributed by atoms with E-state index in [1.165, 1.54) is 24.0 Å². The number of nitrogens with zero attached hydrogens (tertiary/aromatic N) is 1. The molecule has 1 amide bonds. The summed E-state index contributed by atoms with van der Waals surface area (Å²) in [4.78, 5) is 14.9. The number of furan rings is 1. The van der Waals surface area contributed by atoms with Crippen molar-refractivity contribution < 1.29 is 13.9 Å². The summed E-state index contributed by atoms with van der Waals surface area (Å²) in [7, 11) is 3.67. The number of rotatable bonds is 4. The van der Waals surface area contributed by atoms with Gasteiger partial charge in [0.1, 0.15) is 5.75 Å². The topological polar surface area (TPSA) is 42.7 Å². The summed E-state index contributed by atoms with van der Waals surface area (Å²) in [6, 6.07) is 8.50. The molecule has 1 aromatic heterocycles. The quantitative estimate of drug-likeness (QED) is 0.752. The van der Waals surface area contributed by atoms with Crippen LogP contribution >= 0.6 is 0 Å². The molecule has 1 unspecified atom stereocenters. The Morgan fingerprint density at radius 2 is 2.22 bits per heavy atom. The van der Waals surface area contributed by atoms with Crippen LogP contribution in [0.15, 0.2) is 47.3 Å². The van der Waals surface area contributed by atoms with Crippen LogP contribution in [0.25, 0.3) is 6.08 Å². The highest BCUT2D eigenvalue weighted by Gasteiger charge is 2.50. The SMILES string of the molecule is COc1ccc2c(c1)[C@@]1(C)CCCC(C2)[C@@H]1N(C)C(=O)/C=C/c1ccoc1. The molecule has 4 rings (SSSR count). The van der Waals surface area contributed by atoms with Crippen molar-refractivity contribution in [2.24, 2.45) is 5.92 Å². The van der Waals surface area contributed by atoms with Crippen molar-refractivity contribution >= 4 is 12.0 Å². The molecule has 2 bridgehead atoms. The molecule has 27 heavy (non-hydrogen) atoms. The van der Waals surface area contributed by atoms with Gasteiger partial charge in [0.05, 0.1) is 19.6 Å². The number of benzene rings is 1.